The van der Waals surface area contributed by atoms with Crippen LogP contribution in [-0.4, -0.2) is 62.8 Å². The Morgan fingerprint density at radius 2 is 1.78 bits per heavy atom. The summed E-state index contributed by atoms with van der Waals surface area (Å²) in [5.41, 5.74) is 3.50. The van der Waals surface area contributed by atoms with Crippen LogP contribution in [0.1, 0.15) is 29.5 Å². The van der Waals surface area contributed by atoms with Gasteiger partial charge in [-0.3, -0.25) is 14.6 Å². The Morgan fingerprint density at radius 1 is 1.00 bits per heavy atom. The molecular formula is C25H32N2O5. The quantitative estimate of drug-likeness (QED) is 0.613. The number of nitrogens with zero attached hydrogens (tertiary/aromatic N) is 2. The fraction of sp³-hybridized carbons (Fsp3) is 0.480. The number of benzene rings is 2. The fourth-order valence-electron chi connectivity index (χ4n) is 4.60. The summed E-state index contributed by atoms with van der Waals surface area (Å²) >= 11 is 0. The zero-order valence-corrected chi connectivity index (χ0v) is 19.1. The van der Waals surface area contributed by atoms with Crippen LogP contribution in [0.15, 0.2) is 36.4 Å². The van der Waals surface area contributed by atoms with Crippen LogP contribution in [0.4, 0.5) is 0 Å². The third kappa shape index (κ3) is 5.16. The molecule has 4 rings (SSSR count). The van der Waals surface area contributed by atoms with E-state index in [-0.39, 0.29) is 12.0 Å². The van der Waals surface area contributed by atoms with E-state index in [1.165, 1.54) is 18.2 Å². The van der Waals surface area contributed by atoms with Gasteiger partial charge in [-0.25, -0.2) is 0 Å². The molecule has 0 unspecified atom stereocenters. The molecule has 2 aliphatic rings. The van der Waals surface area contributed by atoms with E-state index >= 15 is 0 Å². The number of fused-ring (bicyclic) bond motifs is 1. The van der Waals surface area contributed by atoms with Gasteiger partial charge in [0.2, 0.25) is 0 Å². The molecule has 2 aromatic rings. The number of ether oxygens (including phenoxy) is 4. The first-order valence-electron chi connectivity index (χ1n) is 11.1. The lowest BCUT2D eigenvalue weighted by Gasteiger charge is -2.23. The van der Waals surface area contributed by atoms with Crippen molar-refractivity contribution in [2.24, 2.45) is 0 Å². The van der Waals surface area contributed by atoms with E-state index in [1.807, 2.05) is 18.2 Å². The largest absolute Gasteiger partial charge is 0.497 e. The second-order valence-electron chi connectivity index (χ2n) is 8.37. The van der Waals surface area contributed by atoms with Crippen molar-refractivity contribution < 1.29 is 23.7 Å². The van der Waals surface area contributed by atoms with Crippen LogP contribution >= 0.6 is 0 Å². The van der Waals surface area contributed by atoms with E-state index in [2.05, 4.69) is 28.0 Å². The molecule has 2 aromatic carbocycles. The number of methoxy groups -OCH3 is 3. The van der Waals surface area contributed by atoms with Crippen molar-refractivity contribution in [2.75, 3.05) is 41.0 Å². The van der Waals surface area contributed by atoms with Gasteiger partial charge in [0.25, 0.3) is 0 Å². The summed E-state index contributed by atoms with van der Waals surface area (Å²) in [6.45, 7) is 4.70. The molecule has 32 heavy (non-hydrogen) atoms. The van der Waals surface area contributed by atoms with E-state index in [0.29, 0.717) is 6.61 Å². The molecule has 0 N–H and O–H groups in total. The Hall–Kier alpha value is -2.77. The molecule has 172 valence electrons. The van der Waals surface area contributed by atoms with Crippen molar-refractivity contribution in [1.82, 2.24) is 9.80 Å². The van der Waals surface area contributed by atoms with Crippen molar-refractivity contribution >= 4 is 5.97 Å². The standard InChI is InChI=1S/C25H32N2O5/c1-29-21-12-19(13-22(14-21)30-2)15-26-9-10-32-24-7-6-18(11-20(24)17-26)16-27-8-4-5-23(27)25(28)31-3/h6-7,11-14,23H,4-5,8-10,15-17H2,1-3H3/t23-/m0/s1. The number of hydrogen-bond acceptors (Lipinski definition) is 7. The first-order chi connectivity index (χ1) is 15.6. The Labute approximate surface area is 189 Å². The number of carbonyl (C=O) groups excluding carboxylic acids is 1. The Bertz CT molecular complexity index is 926. The van der Waals surface area contributed by atoms with Crippen LogP contribution in [0, 0.1) is 0 Å². The predicted molar refractivity (Wildman–Crippen MR) is 121 cm³/mol. The second-order valence-corrected chi connectivity index (χ2v) is 8.37. The molecule has 0 spiro atoms. The highest BCUT2D eigenvalue weighted by molar-refractivity contribution is 5.76. The second kappa shape index (κ2) is 10.2. The number of hydrogen-bond donors (Lipinski definition) is 0. The zero-order chi connectivity index (χ0) is 22.5. The van der Waals surface area contributed by atoms with Crippen LogP contribution in [0.2, 0.25) is 0 Å². The van der Waals surface area contributed by atoms with Crippen LogP contribution in [0.3, 0.4) is 0 Å². The highest BCUT2D eigenvalue weighted by Crippen LogP contribution is 2.29. The van der Waals surface area contributed by atoms with Crippen LogP contribution in [0.25, 0.3) is 0 Å². The molecule has 1 fully saturated rings. The molecule has 7 nitrogen and oxygen atoms in total. The minimum Gasteiger partial charge on any atom is -0.497 e. The highest BCUT2D eigenvalue weighted by Gasteiger charge is 2.31. The van der Waals surface area contributed by atoms with Crippen molar-refractivity contribution in [3.05, 3.63) is 53.1 Å². The maximum Gasteiger partial charge on any atom is 0.323 e. The Morgan fingerprint density at radius 3 is 2.50 bits per heavy atom. The average Bonchev–Trinajstić information content (AvgIpc) is 3.17. The smallest absolute Gasteiger partial charge is 0.323 e. The highest BCUT2D eigenvalue weighted by atomic mass is 16.5. The summed E-state index contributed by atoms with van der Waals surface area (Å²) in [6, 6.07) is 12.2. The molecule has 0 bridgehead atoms. The van der Waals surface area contributed by atoms with E-state index in [9.17, 15) is 4.79 Å². The van der Waals surface area contributed by atoms with Crippen LogP contribution in [-0.2, 0) is 29.2 Å². The van der Waals surface area contributed by atoms with Crippen molar-refractivity contribution in [3.63, 3.8) is 0 Å². The summed E-state index contributed by atoms with van der Waals surface area (Å²) in [5.74, 6) is 2.38. The van der Waals surface area contributed by atoms with Crippen LogP contribution < -0.4 is 14.2 Å². The summed E-state index contributed by atoms with van der Waals surface area (Å²) in [7, 11) is 4.80. The van der Waals surface area contributed by atoms with E-state index in [1.54, 1.807) is 14.2 Å². The first-order valence-corrected chi connectivity index (χ1v) is 11.1. The van der Waals surface area contributed by atoms with Gasteiger partial charge < -0.3 is 18.9 Å². The molecule has 2 aliphatic heterocycles. The van der Waals surface area contributed by atoms with Crippen molar-refractivity contribution in [3.8, 4) is 17.2 Å². The molecule has 0 saturated carbocycles. The monoisotopic (exact) mass is 440 g/mol. The van der Waals surface area contributed by atoms with Gasteiger partial charge in [0, 0.05) is 37.8 Å². The third-order valence-corrected chi connectivity index (χ3v) is 6.22. The molecule has 0 amide bonds. The lowest BCUT2D eigenvalue weighted by molar-refractivity contribution is -0.146. The number of esters is 1. The van der Waals surface area contributed by atoms with Crippen molar-refractivity contribution in [1.29, 1.82) is 0 Å². The lowest BCUT2D eigenvalue weighted by Crippen LogP contribution is -2.36. The third-order valence-electron chi connectivity index (χ3n) is 6.22. The topological polar surface area (TPSA) is 60.5 Å². The molecule has 7 heteroatoms. The zero-order valence-electron chi connectivity index (χ0n) is 19.1. The normalized spacial score (nSPS) is 19.0. The summed E-state index contributed by atoms with van der Waals surface area (Å²) < 4.78 is 21.9. The van der Waals surface area contributed by atoms with Gasteiger partial charge in [0.05, 0.1) is 21.3 Å². The molecule has 0 aromatic heterocycles. The molecule has 2 heterocycles. The Kier molecular flexibility index (Phi) is 7.17. The van der Waals surface area contributed by atoms with Gasteiger partial charge >= 0.3 is 5.97 Å². The SMILES string of the molecule is COC(=O)[C@@H]1CCCN1Cc1ccc2c(c1)CN(Cc1cc(OC)cc(OC)c1)CCO2. The molecule has 1 atom stereocenters. The summed E-state index contributed by atoms with van der Waals surface area (Å²) in [6.07, 6.45) is 1.88. The minimum absolute atomic E-state index is 0.138. The number of likely N-dealkylation sites (tertiary alicyclic amines) is 1. The van der Waals surface area contributed by atoms with Gasteiger partial charge in [-0.05, 0) is 54.8 Å². The lowest BCUT2D eigenvalue weighted by atomic mass is 10.1. The van der Waals surface area contributed by atoms with Crippen LogP contribution in [0.5, 0.6) is 17.2 Å². The minimum atomic E-state index is -0.144. The predicted octanol–water partition coefficient (Wildman–Crippen LogP) is 3.24. The van der Waals surface area contributed by atoms with E-state index in [0.717, 1.165) is 68.4 Å². The average molecular weight is 441 g/mol. The Balaban J connectivity index is 1.48. The van der Waals surface area contributed by atoms with E-state index < -0.39 is 0 Å². The number of carbonyl (C=O) groups is 1. The van der Waals surface area contributed by atoms with Gasteiger partial charge in [0.15, 0.2) is 0 Å². The molecular weight excluding hydrogens is 408 g/mol. The molecule has 1 saturated heterocycles. The maximum atomic E-state index is 12.1. The first kappa shape index (κ1) is 22.4. The number of rotatable bonds is 7. The van der Waals surface area contributed by atoms with Gasteiger partial charge in [0.1, 0.15) is 29.9 Å². The maximum absolute atomic E-state index is 12.1. The molecule has 0 aliphatic carbocycles. The summed E-state index contributed by atoms with van der Waals surface area (Å²) in [5, 5.41) is 0. The fourth-order valence-corrected chi connectivity index (χ4v) is 4.60. The van der Waals surface area contributed by atoms with E-state index in [4.69, 9.17) is 18.9 Å². The molecule has 0 radical (unpaired) electrons. The van der Waals surface area contributed by atoms with Crippen molar-refractivity contribution in [2.45, 2.75) is 38.5 Å². The van der Waals surface area contributed by atoms with Gasteiger partial charge in [-0.2, -0.15) is 0 Å². The van der Waals surface area contributed by atoms with Gasteiger partial charge in [-0.1, -0.05) is 6.07 Å². The van der Waals surface area contributed by atoms with Gasteiger partial charge in [-0.15, -0.1) is 0 Å². The summed E-state index contributed by atoms with van der Waals surface area (Å²) in [4.78, 5) is 16.7.